The van der Waals surface area contributed by atoms with Gasteiger partial charge in [-0.2, -0.15) is 5.01 Å². The van der Waals surface area contributed by atoms with Gasteiger partial charge in [0, 0.05) is 81.5 Å². The zero-order valence-corrected chi connectivity index (χ0v) is 30.9. The third-order valence-corrected chi connectivity index (χ3v) is 12.7. The number of rotatable bonds is 7. The molecule has 0 radical (unpaired) electrons. The first kappa shape index (κ1) is 34.6. The summed E-state index contributed by atoms with van der Waals surface area (Å²) < 4.78 is 0. The molecule has 54 heavy (non-hydrogen) atoms. The summed E-state index contributed by atoms with van der Waals surface area (Å²) in [4.78, 5) is 45.7. The van der Waals surface area contributed by atoms with Crippen LogP contribution in [0.15, 0.2) is 91.0 Å². The van der Waals surface area contributed by atoms with E-state index in [-0.39, 0.29) is 30.2 Å². The van der Waals surface area contributed by atoms with Crippen molar-refractivity contribution < 1.29 is 19.5 Å². The minimum Gasteiger partial charge on any atom is -0.508 e. The van der Waals surface area contributed by atoms with Gasteiger partial charge in [-0.15, -0.1) is 0 Å². The number of piperidine rings is 2. The summed E-state index contributed by atoms with van der Waals surface area (Å²) in [6, 6.07) is 32.1. The molecule has 3 saturated heterocycles. The highest BCUT2D eigenvalue weighted by molar-refractivity contribution is 6.04. The van der Waals surface area contributed by atoms with Crippen LogP contribution in [0.5, 0.6) is 5.75 Å². The lowest BCUT2D eigenvalue weighted by atomic mass is 9.69. The van der Waals surface area contributed by atoms with Crippen LogP contribution in [0.3, 0.4) is 0 Å². The van der Waals surface area contributed by atoms with Crippen LogP contribution in [0.4, 0.5) is 11.4 Å². The van der Waals surface area contributed by atoms with Gasteiger partial charge in [0.05, 0.1) is 6.54 Å². The van der Waals surface area contributed by atoms with E-state index in [1.54, 1.807) is 0 Å². The summed E-state index contributed by atoms with van der Waals surface area (Å²) in [6.07, 6.45) is 5.58. The number of fused-ring (bicyclic) bond motifs is 2. The van der Waals surface area contributed by atoms with E-state index in [0.717, 1.165) is 74.9 Å². The van der Waals surface area contributed by atoms with Gasteiger partial charge >= 0.3 is 0 Å². The molecular weight excluding hydrogens is 675 g/mol. The van der Waals surface area contributed by atoms with Crippen molar-refractivity contribution in [1.82, 2.24) is 14.9 Å². The van der Waals surface area contributed by atoms with Gasteiger partial charge in [0.1, 0.15) is 5.75 Å². The molecule has 4 aliphatic heterocycles. The number of anilines is 2. The highest BCUT2D eigenvalue weighted by Gasteiger charge is 2.39. The quantitative estimate of drug-likeness (QED) is 0.213. The molecule has 1 N–H and O–H groups in total. The number of amides is 3. The molecule has 9 heteroatoms. The Balaban J connectivity index is 0.784. The summed E-state index contributed by atoms with van der Waals surface area (Å²) in [7, 11) is 0. The van der Waals surface area contributed by atoms with Crippen LogP contribution < -0.4 is 9.80 Å². The summed E-state index contributed by atoms with van der Waals surface area (Å²) in [5.41, 5.74) is 9.19. The molecule has 9 rings (SSSR count). The normalized spacial score (nSPS) is 22.5. The summed E-state index contributed by atoms with van der Waals surface area (Å²) in [5.74, 6) is 0.865. The van der Waals surface area contributed by atoms with Crippen molar-refractivity contribution in [2.45, 2.75) is 63.3 Å². The number of aromatic hydroxyl groups is 1. The summed E-state index contributed by atoms with van der Waals surface area (Å²) >= 11 is 0. The molecule has 0 saturated carbocycles. The first-order valence-corrected chi connectivity index (χ1v) is 19.9. The Morgan fingerprint density at radius 1 is 0.630 bits per heavy atom. The minimum atomic E-state index is -0.286. The third kappa shape index (κ3) is 6.63. The number of carbonyl (C=O) groups excluding carboxylic acids is 3. The third-order valence-electron chi connectivity index (χ3n) is 12.7. The lowest BCUT2D eigenvalue weighted by Gasteiger charge is -2.40. The molecule has 0 bridgehead atoms. The zero-order chi connectivity index (χ0) is 36.8. The zero-order valence-electron chi connectivity index (χ0n) is 30.9. The number of imide groups is 1. The molecule has 2 atom stereocenters. The molecule has 1 aliphatic carbocycles. The summed E-state index contributed by atoms with van der Waals surface area (Å²) in [6.45, 7) is 7.42. The van der Waals surface area contributed by atoms with E-state index < -0.39 is 0 Å². The molecule has 9 nitrogen and oxygen atoms in total. The number of carbonyl (C=O) groups is 3. The smallest absolute Gasteiger partial charge is 0.273 e. The molecule has 4 aromatic rings. The number of nitrogens with zero attached hydrogens (tertiary/aromatic N) is 5. The van der Waals surface area contributed by atoms with Gasteiger partial charge < -0.3 is 14.9 Å². The van der Waals surface area contributed by atoms with E-state index in [2.05, 4.69) is 81.4 Å². The van der Waals surface area contributed by atoms with Gasteiger partial charge in [-0.25, -0.2) is 5.01 Å². The molecule has 0 aromatic heterocycles. The molecule has 278 valence electrons. The Kier molecular flexibility index (Phi) is 9.35. The second kappa shape index (κ2) is 14.6. The van der Waals surface area contributed by atoms with Crippen LogP contribution in [0.1, 0.15) is 88.5 Å². The maximum Gasteiger partial charge on any atom is 0.273 e. The molecule has 3 amide bonds. The molecule has 4 aromatic carbocycles. The number of benzene rings is 4. The van der Waals surface area contributed by atoms with Crippen molar-refractivity contribution in [3.05, 3.63) is 124 Å². The average Bonchev–Trinajstić information content (AvgIpc) is 3.53. The van der Waals surface area contributed by atoms with Crippen LogP contribution in [0.25, 0.3) is 0 Å². The highest BCUT2D eigenvalue weighted by atomic mass is 16.3. The van der Waals surface area contributed by atoms with Crippen LogP contribution in [0.2, 0.25) is 0 Å². The fourth-order valence-electron chi connectivity index (χ4n) is 9.76. The molecule has 0 spiro atoms. The molecule has 5 aliphatic rings. The van der Waals surface area contributed by atoms with E-state index in [9.17, 15) is 19.5 Å². The standard InChI is InChI=1S/C45H49N5O4/c51-38-15-18-40-34(28-38)11-16-39(32-5-2-1-3-6-32)44(40)33-9-12-36(13-10-33)47-21-19-31(20-22-47)29-46-23-25-48(26-24-46)37-14-17-41-35(27-37)30-49(45(41)54)50-42(52)7-4-8-43(50)53/h1-3,5-6,9-10,12-15,17-18,27-28,31,39,44,51H,4,7-8,11,16,19-26,29-30H2/t39-,44+/m1/s1. The van der Waals surface area contributed by atoms with Gasteiger partial charge in [0.2, 0.25) is 11.8 Å². The Morgan fingerprint density at radius 3 is 2.07 bits per heavy atom. The fraction of sp³-hybridized carbons (Fsp3) is 0.400. The van der Waals surface area contributed by atoms with Crippen molar-refractivity contribution in [2.75, 3.05) is 55.6 Å². The van der Waals surface area contributed by atoms with Crippen LogP contribution in [-0.2, 0) is 22.6 Å². The van der Waals surface area contributed by atoms with Gasteiger partial charge in [-0.1, -0.05) is 48.5 Å². The molecule has 4 heterocycles. The van der Waals surface area contributed by atoms with Crippen molar-refractivity contribution in [3.63, 3.8) is 0 Å². The van der Waals surface area contributed by atoms with E-state index in [4.69, 9.17) is 0 Å². The number of phenols is 1. The molecule has 3 fully saturated rings. The molecule has 0 unspecified atom stereocenters. The number of phenolic OH excluding ortho intramolecular Hbond substituents is 1. The van der Waals surface area contributed by atoms with Crippen LogP contribution >= 0.6 is 0 Å². The van der Waals surface area contributed by atoms with Crippen molar-refractivity contribution in [2.24, 2.45) is 5.92 Å². The number of hydrazine groups is 1. The predicted molar refractivity (Wildman–Crippen MR) is 210 cm³/mol. The maximum atomic E-state index is 13.1. The Morgan fingerprint density at radius 2 is 1.33 bits per heavy atom. The van der Waals surface area contributed by atoms with Gasteiger partial charge in [0.15, 0.2) is 0 Å². The fourth-order valence-corrected chi connectivity index (χ4v) is 9.76. The second-order valence-electron chi connectivity index (χ2n) is 15.9. The van der Waals surface area contributed by atoms with E-state index in [1.165, 1.54) is 45.8 Å². The van der Waals surface area contributed by atoms with Crippen LogP contribution in [0, 0.1) is 5.92 Å². The Labute approximate surface area is 317 Å². The number of hydrogen-bond donors (Lipinski definition) is 1. The van der Waals surface area contributed by atoms with Crippen LogP contribution in [-0.4, -0.2) is 83.6 Å². The van der Waals surface area contributed by atoms with E-state index >= 15 is 0 Å². The first-order valence-electron chi connectivity index (χ1n) is 19.9. The van der Waals surface area contributed by atoms with Crippen molar-refractivity contribution in [3.8, 4) is 5.75 Å². The van der Waals surface area contributed by atoms with Gasteiger partial charge in [0.25, 0.3) is 5.91 Å². The Bertz CT molecular complexity index is 2020. The average molecular weight is 724 g/mol. The first-order chi connectivity index (χ1) is 26.4. The van der Waals surface area contributed by atoms with Crippen molar-refractivity contribution >= 4 is 29.1 Å². The Hall–Kier alpha value is -5.15. The number of piperazine rings is 1. The summed E-state index contributed by atoms with van der Waals surface area (Å²) in [5, 5.41) is 12.6. The topological polar surface area (TPSA) is 87.6 Å². The number of hydrogen-bond acceptors (Lipinski definition) is 7. The SMILES string of the molecule is O=C1c2ccc(N3CCN(CC4CCN(c5ccc([C@@H]6c7ccc(O)cc7CC[C@@H]6c6ccccc6)cc5)CC4)CC3)cc2CN1N1C(=O)CCCC1=O. The highest BCUT2D eigenvalue weighted by Crippen LogP contribution is 2.47. The number of aryl methyl sites for hydroxylation is 1. The van der Waals surface area contributed by atoms with Crippen molar-refractivity contribution in [1.29, 1.82) is 0 Å². The molecular formula is C45H49N5O4. The largest absolute Gasteiger partial charge is 0.508 e. The lowest BCUT2D eigenvalue weighted by molar-refractivity contribution is -0.163. The van der Waals surface area contributed by atoms with Gasteiger partial charge in [-0.3, -0.25) is 19.3 Å². The lowest BCUT2D eigenvalue weighted by Crippen LogP contribution is -2.51. The minimum absolute atomic E-state index is 0.262. The van der Waals surface area contributed by atoms with Gasteiger partial charge in [-0.05, 0) is 114 Å². The predicted octanol–water partition coefficient (Wildman–Crippen LogP) is 6.70. The van der Waals surface area contributed by atoms with E-state index in [0.29, 0.717) is 42.4 Å². The maximum absolute atomic E-state index is 13.1. The van der Waals surface area contributed by atoms with E-state index in [1.807, 2.05) is 24.3 Å². The second-order valence-corrected chi connectivity index (χ2v) is 15.9. The monoisotopic (exact) mass is 723 g/mol.